The van der Waals surface area contributed by atoms with Gasteiger partial charge in [-0.3, -0.25) is 4.79 Å². The molecule has 7 heteroatoms. The Hall–Kier alpha value is -2.83. The van der Waals surface area contributed by atoms with Gasteiger partial charge in [0.05, 0.1) is 18.7 Å². The van der Waals surface area contributed by atoms with Crippen molar-refractivity contribution in [2.24, 2.45) is 0 Å². The number of hydrogen-bond donors (Lipinski definition) is 1. The van der Waals surface area contributed by atoms with E-state index in [1.807, 2.05) is 31.2 Å². The first-order valence-electron chi connectivity index (χ1n) is 8.54. The maximum atomic E-state index is 12.5. The van der Waals surface area contributed by atoms with E-state index in [4.69, 9.17) is 9.47 Å². The Labute approximate surface area is 145 Å². The fourth-order valence-electron chi connectivity index (χ4n) is 3.19. The normalized spacial score (nSPS) is 15.0. The summed E-state index contributed by atoms with van der Waals surface area (Å²) in [5.41, 5.74) is 1.44. The van der Waals surface area contributed by atoms with Gasteiger partial charge in [0.15, 0.2) is 17.3 Å². The molecule has 2 aromatic rings. The molecule has 0 spiro atoms. The molecule has 4 rings (SSSR count). The second-order valence-electron chi connectivity index (χ2n) is 6.04. The number of carbonyl (C=O) groups is 1. The number of aromatic nitrogens is 3. The van der Waals surface area contributed by atoms with Crippen LogP contribution in [0.15, 0.2) is 23.8 Å². The van der Waals surface area contributed by atoms with Gasteiger partial charge >= 0.3 is 0 Å². The zero-order valence-corrected chi connectivity index (χ0v) is 14.1. The van der Waals surface area contributed by atoms with E-state index in [1.54, 1.807) is 0 Å². The molecule has 0 saturated heterocycles. The molecule has 1 aromatic heterocycles. The number of aryl methyl sites for hydroxylation is 1. The van der Waals surface area contributed by atoms with Crippen LogP contribution >= 0.6 is 0 Å². The molecule has 0 saturated carbocycles. The number of ether oxygens (including phenoxy) is 2. The number of carbonyl (C=O) groups excluding carboxylic acids is 1. The zero-order valence-electron chi connectivity index (χ0n) is 14.1. The predicted molar refractivity (Wildman–Crippen MR) is 91.3 cm³/mol. The summed E-state index contributed by atoms with van der Waals surface area (Å²) < 4.78 is 13.4. The fourth-order valence-corrected chi connectivity index (χ4v) is 3.19. The maximum absolute atomic E-state index is 12.5. The first kappa shape index (κ1) is 15.7. The second-order valence-corrected chi connectivity index (χ2v) is 6.04. The third-order valence-corrected chi connectivity index (χ3v) is 4.40. The Bertz CT molecular complexity index is 841. The minimum atomic E-state index is -0.150. The minimum Gasteiger partial charge on any atom is -0.490 e. The van der Waals surface area contributed by atoms with E-state index < -0.39 is 0 Å². The average molecular weight is 340 g/mol. The number of benzene rings is 1. The molecular formula is C18H20N4O3. The van der Waals surface area contributed by atoms with Gasteiger partial charge in [0, 0.05) is 18.5 Å². The standard InChI is InChI=1S/C18H20N4O3/c1-2-24-14-6-3-5-12-9-13(11-25-17(12)14)18(23)19-10-16-21-20-15-7-4-8-22(15)16/h3,5-6,9H,2,4,7-8,10-11H2,1H3,(H,19,23). The smallest absolute Gasteiger partial charge is 0.251 e. The molecule has 2 aliphatic rings. The largest absolute Gasteiger partial charge is 0.490 e. The van der Waals surface area contributed by atoms with Crippen molar-refractivity contribution in [3.8, 4) is 11.5 Å². The lowest BCUT2D eigenvalue weighted by atomic mass is 10.1. The Balaban J connectivity index is 1.46. The van der Waals surface area contributed by atoms with E-state index in [9.17, 15) is 4.79 Å². The van der Waals surface area contributed by atoms with Crippen LogP contribution in [0.3, 0.4) is 0 Å². The van der Waals surface area contributed by atoms with E-state index in [0.29, 0.717) is 30.2 Å². The molecule has 25 heavy (non-hydrogen) atoms. The summed E-state index contributed by atoms with van der Waals surface area (Å²) in [5, 5.41) is 11.2. The molecule has 1 aromatic carbocycles. The van der Waals surface area contributed by atoms with Crippen molar-refractivity contribution in [3.05, 3.63) is 41.0 Å². The van der Waals surface area contributed by atoms with Crippen LogP contribution in [0.2, 0.25) is 0 Å². The Kier molecular flexibility index (Phi) is 4.13. The number of hydrogen-bond acceptors (Lipinski definition) is 5. The van der Waals surface area contributed by atoms with E-state index in [1.165, 1.54) is 0 Å². The Morgan fingerprint density at radius 1 is 1.40 bits per heavy atom. The van der Waals surface area contributed by atoms with Crippen LogP contribution in [0.25, 0.3) is 6.08 Å². The van der Waals surface area contributed by atoms with Crippen LogP contribution in [0.5, 0.6) is 11.5 Å². The van der Waals surface area contributed by atoms with Crippen LogP contribution in [0, 0.1) is 0 Å². The number of para-hydroxylation sites is 1. The number of fused-ring (bicyclic) bond motifs is 2. The highest BCUT2D eigenvalue weighted by Gasteiger charge is 2.21. The van der Waals surface area contributed by atoms with Crippen LogP contribution in [0.4, 0.5) is 0 Å². The third kappa shape index (κ3) is 2.97. The summed E-state index contributed by atoms with van der Waals surface area (Å²) >= 11 is 0. The lowest BCUT2D eigenvalue weighted by Gasteiger charge is -2.20. The third-order valence-electron chi connectivity index (χ3n) is 4.40. The van der Waals surface area contributed by atoms with Crippen molar-refractivity contribution in [1.82, 2.24) is 20.1 Å². The second kappa shape index (κ2) is 6.58. The first-order valence-corrected chi connectivity index (χ1v) is 8.54. The molecule has 0 unspecified atom stereocenters. The van der Waals surface area contributed by atoms with Gasteiger partial charge in [-0.1, -0.05) is 12.1 Å². The average Bonchev–Trinajstić information content (AvgIpc) is 3.24. The van der Waals surface area contributed by atoms with Crippen molar-refractivity contribution >= 4 is 12.0 Å². The van der Waals surface area contributed by atoms with E-state index in [2.05, 4.69) is 20.1 Å². The SMILES string of the molecule is CCOc1cccc2c1OCC(C(=O)NCc1nnc3n1CCC3)=C2. The molecule has 0 fully saturated rings. The van der Waals surface area contributed by atoms with Gasteiger partial charge in [0.1, 0.15) is 12.4 Å². The highest BCUT2D eigenvalue weighted by atomic mass is 16.5. The van der Waals surface area contributed by atoms with Gasteiger partial charge in [-0.2, -0.15) is 0 Å². The highest BCUT2D eigenvalue weighted by Crippen LogP contribution is 2.35. The molecule has 1 N–H and O–H groups in total. The van der Waals surface area contributed by atoms with Crippen LogP contribution in [-0.2, 0) is 24.3 Å². The lowest BCUT2D eigenvalue weighted by molar-refractivity contribution is -0.118. The Morgan fingerprint density at radius 2 is 2.32 bits per heavy atom. The number of rotatable bonds is 5. The van der Waals surface area contributed by atoms with Crippen molar-refractivity contribution < 1.29 is 14.3 Å². The van der Waals surface area contributed by atoms with Crippen molar-refractivity contribution in [1.29, 1.82) is 0 Å². The molecule has 0 atom stereocenters. The number of nitrogens with one attached hydrogen (secondary N) is 1. The quantitative estimate of drug-likeness (QED) is 0.896. The molecule has 0 aliphatic carbocycles. The minimum absolute atomic E-state index is 0.150. The zero-order chi connectivity index (χ0) is 17.2. The van der Waals surface area contributed by atoms with Gasteiger partial charge in [-0.25, -0.2) is 0 Å². The summed E-state index contributed by atoms with van der Waals surface area (Å²) in [6.07, 6.45) is 3.90. The predicted octanol–water partition coefficient (Wildman–Crippen LogP) is 1.72. The van der Waals surface area contributed by atoms with Gasteiger partial charge in [0.25, 0.3) is 5.91 Å². The highest BCUT2D eigenvalue weighted by molar-refractivity contribution is 5.99. The fraction of sp³-hybridized carbons (Fsp3) is 0.389. The van der Waals surface area contributed by atoms with Crippen molar-refractivity contribution in [2.45, 2.75) is 32.9 Å². The van der Waals surface area contributed by atoms with Crippen LogP contribution in [0.1, 0.15) is 30.6 Å². The lowest BCUT2D eigenvalue weighted by Crippen LogP contribution is -2.29. The summed E-state index contributed by atoms with van der Waals surface area (Å²) in [5.74, 6) is 3.05. The molecule has 130 valence electrons. The van der Waals surface area contributed by atoms with E-state index in [-0.39, 0.29) is 12.5 Å². The van der Waals surface area contributed by atoms with Gasteiger partial charge in [0.2, 0.25) is 0 Å². The maximum Gasteiger partial charge on any atom is 0.251 e. The van der Waals surface area contributed by atoms with Gasteiger partial charge < -0.3 is 19.4 Å². The summed E-state index contributed by atoms with van der Waals surface area (Å²) in [7, 11) is 0. The van der Waals surface area contributed by atoms with Gasteiger partial charge in [-0.15, -0.1) is 10.2 Å². The summed E-state index contributed by atoms with van der Waals surface area (Å²) in [6.45, 7) is 4.01. The van der Waals surface area contributed by atoms with E-state index in [0.717, 1.165) is 36.6 Å². The molecule has 1 amide bonds. The topological polar surface area (TPSA) is 78.3 Å². The Morgan fingerprint density at radius 3 is 3.20 bits per heavy atom. The van der Waals surface area contributed by atoms with Gasteiger partial charge in [-0.05, 0) is 25.5 Å². The summed E-state index contributed by atoms with van der Waals surface area (Å²) in [4.78, 5) is 12.5. The number of nitrogens with zero attached hydrogens (tertiary/aromatic N) is 3. The van der Waals surface area contributed by atoms with Crippen molar-refractivity contribution in [3.63, 3.8) is 0 Å². The molecule has 7 nitrogen and oxygen atoms in total. The molecule has 2 aliphatic heterocycles. The van der Waals surface area contributed by atoms with E-state index >= 15 is 0 Å². The van der Waals surface area contributed by atoms with Crippen LogP contribution < -0.4 is 14.8 Å². The summed E-state index contributed by atoms with van der Waals surface area (Å²) in [6, 6.07) is 5.67. The van der Waals surface area contributed by atoms with Crippen molar-refractivity contribution in [2.75, 3.05) is 13.2 Å². The molecular weight excluding hydrogens is 320 g/mol. The molecule has 0 radical (unpaired) electrons. The number of amides is 1. The van der Waals surface area contributed by atoms with Crippen LogP contribution in [-0.4, -0.2) is 33.9 Å². The molecule has 3 heterocycles. The monoisotopic (exact) mass is 340 g/mol. The first-order chi connectivity index (χ1) is 12.3. The molecule has 0 bridgehead atoms.